The van der Waals surface area contributed by atoms with Gasteiger partial charge in [0, 0.05) is 18.9 Å². The highest BCUT2D eigenvalue weighted by atomic mass is 16.4. The molecule has 0 bridgehead atoms. The van der Waals surface area contributed by atoms with Crippen LogP contribution in [0.15, 0.2) is 67.1 Å². The minimum atomic E-state index is -1.09. The average molecular weight is 388 g/mol. The number of carboxylic acid groups (broad SMARTS) is 1. The summed E-state index contributed by atoms with van der Waals surface area (Å²) in [5.74, 6) is -1.43. The number of carbonyl (C=O) groups excluding carboxylic acids is 1. The molecular formula is C20H16N6O3. The number of nitrogens with one attached hydrogen (secondary N) is 2. The van der Waals surface area contributed by atoms with Crippen molar-refractivity contribution in [1.82, 2.24) is 19.6 Å². The third-order valence-corrected chi connectivity index (χ3v) is 4.18. The molecule has 0 aliphatic rings. The minimum absolute atomic E-state index is 0.0611. The molecule has 29 heavy (non-hydrogen) atoms. The number of anilines is 2. The van der Waals surface area contributed by atoms with Gasteiger partial charge >= 0.3 is 5.97 Å². The minimum Gasteiger partial charge on any atom is -0.478 e. The van der Waals surface area contributed by atoms with E-state index in [1.165, 1.54) is 23.0 Å². The van der Waals surface area contributed by atoms with E-state index < -0.39 is 11.9 Å². The van der Waals surface area contributed by atoms with Gasteiger partial charge in [-0.05, 0) is 23.8 Å². The first-order valence-corrected chi connectivity index (χ1v) is 8.73. The first kappa shape index (κ1) is 18.1. The Bertz CT molecular complexity index is 1180. The number of pyridine rings is 2. The number of carbonyl (C=O) groups is 2. The summed E-state index contributed by atoms with van der Waals surface area (Å²) in [6.07, 6.45) is 4.53. The van der Waals surface area contributed by atoms with E-state index in [9.17, 15) is 14.7 Å². The molecule has 0 saturated heterocycles. The third kappa shape index (κ3) is 4.03. The lowest BCUT2D eigenvalue weighted by atomic mass is 10.2. The zero-order valence-corrected chi connectivity index (χ0v) is 15.1. The Hall–Kier alpha value is -4.27. The van der Waals surface area contributed by atoms with Gasteiger partial charge in [-0.15, -0.1) is 5.10 Å². The van der Waals surface area contributed by atoms with Gasteiger partial charge in [0.05, 0.1) is 23.0 Å². The molecule has 0 fully saturated rings. The Labute approximate surface area is 165 Å². The Balaban J connectivity index is 1.60. The summed E-state index contributed by atoms with van der Waals surface area (Å²) in [6, 6.07) is 14.3. The normalized spacial score (nSPS) is 10.6. The number of rotatable bonds is 6. The van der Waals surface area contributed by atoms with E-state index in [4.69, 9.17) is 0 Å². The third-order valence-electron chi connectivity index (χ3n) is 4.18. The molecule has 1 aromatic carbocycles. The average Bonchev–Trinajstić information content (AvgIpc) is 3.14. The number of fused-ring (bicyclic) bond motifs is 1. The highest BCUT2D eigenvalue weighted by Gasteiger charge is 2.16. The molecule has 0 unspecified atom stereocenters. The van der Waals surface area contributed by atoms with E-state index in [1.54, 1.807) is 18.3 Å². The Morgan fingerprint density at radius 3 is 2.66 bits per heavy atom. The smallest absolute Gasteiger partial charge is 0.337 e. The van der Waals surface area contributed by atoms with E-state index in [-0.39, 0.29) is 11.5 Å². The fraction of sp³-hybridized carbons (Fsp3) is 0.0500. The van der Waals surface area contributed by atoms with E-state index in [2.05, 4.69) is 25.7 Å². The van der Waals surface area contributed by atoms with Gasteiger partial charge in [-0.1, -0.05) is 30.3 Å². The fourth-order valence-corrected chi connectivity index (χ4v) is 2.76. The number of hydrogen-bond acceptors (Lipinski definition) is 6. The van der Waals surface area contributed by atoms with Gasteiger partial charge in [0.1, 0.15) is 0 Å². The van der Waals surface area contributed by atoms with Crippen molar-refractivity contribution in [3.05, 3.63) is 83.8 Å². The molecule has 0 spiro atoms. The molecule has 0 radical (unpaired) electrons. The number of aromatic nitrogens is 4. The molecule has 3 aromatic heterocycles. The van der Waals surface area contributed by atoms with Crippen molar-refractivity contribution in [2.24, 2.45) is 0 Å². The summed E-state index contributed by atoms with van der Waals surface area (Å²) in [5.41, 5.74) is 2.12. The van der Waals surface area contributed by atoms with Gasteiger partial charge in [-0.25, -0.2) is 9.31 Å². The van der Waals surface area contributed by atoms with Gasteiger partial charge in [-0.2, -0.15) is 4.98 Å². The van der Waals surface area contributed by atoms with Crippen LogP contribution in [0.2, 0.25) is 0 Å². The monoisotopic (exact) mass is 388 g/mol. The fourth-order valence-electron chi connectivity index (χ4n) is 2.76. The predicted octanol–water partition coefficient (Wildman–Crippen LogP) is 2.69. The summed E-state index contributed by atoms with van der Waals surface area (Å²) in [4.78, 5) is 32.0. The van der Waals surface area contributed by atoms with E-state index in [1.807, 2.05) is 30.3 Å². The van der Waals surface area contributed by atoms with Crippen molar-refractivity contribution in [1.29, 1.82) is 0 Å². The van der Waals surface area contributed by atoms with Crippen LogP contribution in [0.5, 0.6) is 0 Å². The van der Waals surface area contributed by atoms with Crippen LogP contribution in [0, 0.1) is 0 Å². The number of amides is 1. The summed E-state index contributed by atoms with van der Waals surface area (Å²) in [5, 5.41) is 19.5. The van der Waals surface area contributed by atoms with E-state index in [0.29, 0.717) is 23.4 Å². The predicted molar refractivity (Wildman–Crippen MR) is 106 cm³/mol. The number of nitrogens with zero attached hydrogens (tertiary/aromatic N) is 4. The first-order valence-electron chi connectivity index (χ1n) is 8.73. The van der Waals surface area contributed by atoms with Gasteiger partial charge in [-0.3, -0.25) is 15.1 Å². The maximum atomic E-state index is 12.2. The second-order valence-electron chi connectivity index (χ2n) is 6.18. The Morgan fingerprint density at radius 1 is 1.10 bits per heavy atom. The number of aromatic carboxylic acids is 1. The molecule has 9 heteroatoms. The van der Waals surface area contributed by atoms with Crippen molar-refractivity contribution in [2.45, 2.75) is 6.54 Å². The Kier molecular flexibility index (Phi) is 4.85. The molecular weight excluding hydrogens is 372 g/mol. The summed E-state index contributed by atoms with van der Waals surface area (Å²) in [6.45, 7) is 0.450. The van der Waals surface area contributed by atoms with Crippen LogP contribution < -0.4 is 10.6 Å². The summed E-state index contributed by atoms with van der Waals surface area (Å²) in [7, 11) is 0. The topological polar surface area (TPSA) is 122 Å². The molecule has 0 saturated carbocycles. The van der Waals surface area contributed by atoms with Crippen molar-refractivity contribution in [2.75, 3.05) is 10.6 Å². The van der Waals surface area contributed by atoms with E-state index >= 15 is 0 Å². The molecule has 9 nitrogen and oxygen atoms in total. The quantitative estimate of drug-likeness (QED) is 0.464. The van der Waals surface area contributed by atoms with Gasteiger partial charge < -0.3 is 10.4 Å². The lowest BCUT2D eigenvalue weighted by Gasteiger charge is -2.10. The van der Waals surface area contributed by atoms with Crippen molar-refractivity contribution >= 4 is 29.2 Å². The molecule has 144 valence electrons. The van der Waals surface area contributed by atoms with Crippen LogP contribution in [-0.2, 0) is 6.54 Å². The molecule has 0 aliphatic carbocycles. The van der Waals surface area contributed by atoms with Gasteiger partial charge in [0.25, 0.3) is 5.91 Å². The van der Waals surface area contributed by atoms with Crippen LogP contribution in [0.1, 0.15) is 26.3 Å². The molecule has 1 amide bonds. The van der Waals surface area contributed by atoms with Crippen LogP contribution in [0.4, 0.5) is 11.6 Å². The largest absolute Gasteiger partial charge is 0.478 e. The van der Waals surface area contributed by atoms with Gasteiger partial charge in [0.15, 0.2) is 5.65 Å². The maximum Gasteiger partial charge on any atom is 0.337 e. The number of benzene rings is 1. The molecule has 4 aromatic rings. The standard InChI is InChI=1S/C20H16N6O3/c27-18(14-7-4-8-21-11-14)24-20-23-17-9-15(19(28)29)16(12-26(17)25-20)22-10-13-5-2-1-3-6-13/h1-9,11-12,22H,10H2,(H,28,29)(H,24,25,27). The number of hydrogen-bond donors (Lipinski definition) is 3. The highest BCUT2D eigenvalue weighted by Crippen LogP contribution is 2.20. The molecule has 0 atom stereocenters. The van der Waals surface area contributed by atoms with Crippen LogP contribution in [0.25, 0.3) is 5.65 Å². The lowest BCUT2D eigenvalue weighted by Crippen LogP contribution is -2.13. The maximum absolute atomic E-state index is 12.2. The second kappa shape index (κ2) is 7.77. The molecule has 0 aliphatic heterocycles. The van der Waals surface area contributed by atoms with Gasteiger partial charge in [0.2, 0.25) is 5.95 Å². The first-order chi connectivity index (χ1) is 14.1. The zero-order chi connectivity index (χ0) is 20.2. The van der Waals surface area contributed by atoms with Crippen LogP contribution in [0.3, 0.4) is 0 Å². The summed E-state index contributed by atoms with van der Waals surface area (Å²) < 4.78 is 1.42. The zero-order valence-electron chi connectivity index (χ0n) is 15.1. The molecule has 3 heterocycles. The summed E-state index contributed by atoms with van der Waals surface area (Å²) >= 11 is 0. The number of carboxylic acids is 1. The van der Waals surface area contributed by atoms with Crippen molar-refractivity contribution < 1.29 is 14.7 Å². The lowest BCUT2D eigenvalue weighted by molar-refractivity contribution is 0.0697. The van der Waals surface area contributed by atoms with Crippen molar-refractivity contribution in [3.63, 3.8) is 0 Å². The highest BCUT2D eigenvalue weighted by molar-refractivity contribution is 6.03. The van der Waals surface area contributed by atoms with Crippen LogP contribution >= 0.6 is 0 Å². The SMILES string of the molecule is O=C(Nc1nc2cc(C(=O)O)c(NCc3ccccc3)cn2n1)c1cccnc1. The van der Waals surface area contributed by atoms with Crippen molar-refractivity contribution in [3.8, 4) is 0 Å². The van der Waals surface area contributed by atoms with Crippen LogP contribution in [-0.4, -0.2) is 36.6 Å². The molecule has 4 rings (SSSR count). The Morgan fingerprint density at radius 2 is 1.93 bits per heavy atom. The molecule has 3 N–H and O–H groups in total. The van der Waals surface area contributed by atoms with E-state index in [0.717, 1.165) is 5.56 Å². The second-order valence-corrected chi connectivity index (χ2v) is 6.18.